The van der Waals surface area contributed by atoms with Gasteiger partial charge in [0.25, 0.3) is 0 Å². The molecule has 18 heavy (non-hydrogen) atoms. The second-order valence-corrected chi connectivity index (χ2v) is 4.08. The molecule has 0 fully saturated rings. The van der Waals surface area contributed by atoms with Gasteiger partial charge in [-0.1, -0.05) is 6.07 Å². The van der Waals surface area contributed by atoms with Gasteiger partial charge in [-0.3, -0.25) is 0 Å². The molecule has 1 N–H and O–H groups in total. The van der Waals surface area contributed by atoms with E-state index in [-0.39, 0.29) is 17.6 Å². The lowest BCUT2D eigenvalue weighted by Crippen LogP contribution is -2.17. The van der Waals surface area contributed by atoms with Crippen LogP contribution in [0.4, 0.5) is 4.39 Å². The molecule has 0 aliphatic carbocycles. The van der Waals surface area contributed by atoms with Crippen LogP contribution in [-0.2, 0) is 6.54 Å². The van der Waals surface area contributed by atoms with Crippen molar-refractivity contribution in [1.29, 1.82) is 0 Å². The van der Waals surface area contributed by atoms with Gasteiger partial charge in [0.2, 0.25) is 0 Å². The lowest BCUT2D eigenvalue weighted by atomic mass is 10.1. The smallest absolute Gasteiger partial charge is 0.165 e. The van der Waals surface area contributed by atoms with Crippen molar-refractivity contribution in [2.45, 2.75) is 19.5 Å². The number of furan rings is 1. The van der Waals surface area contributed by atoms with Gasteiger partial charge in [0.15, 0.2) is 11.6 Å². The van der Waals surface area contributed by atoms with Crippen molar-refractivity contribution < 1.29 is 13.5 Å². The number of benzene rings is 1. The summed E-state index contributed by atoms with van der Waals surface area (Å²) in [6, 6.07) is 8.74. The van der Waals surface area contributed by atoms with Crippen molar-refractivity contribution in [3.8, 4) is 5.75 Å². The van der Waals surface area contributed by atoms with E-state index in [1.807, 2.05) is 25.1 Å². The summed E-state index contributed by atoms with van der Waals surface area (Å²) in [6.45, 7) is 2.59. The molecule has 3 nitrogen and oxygen atoms in total. The SMILES string of the molecule is COc1ccc([C@@H](C)NCc2ccco2)cc1F. The zero-order chi connectivity index (χ0) is 13.0. The zero-order valence-electron chi connectivity index (χ0n) is 10.4. The van der Waals surface area contributed by atoms with E-state index in [1.54, 1.807) is 12.3 Å². The molecule has 0 radical (unpaired) electrons. The first kappa shape index (κ1) is 12.6. The summed E-state index contributed by atoms with van der Waals surface area (Å²) in [5.41, 5.74) is 0.875. The topological polar surface area (TPSA) is 34.4 Å². The van der Waals surface area contributed by atoms with E-state index in [4.69, 9.17) is 9.15 Å². The summed E-state index contributed by atoms with van der Waals surface area (Å²) in [5, 5.41) is 3.26. The second kappa shape index (κ2) is 5.69. The number of methoxy groups -OCH3 is 1. The summed E-state index contributed by atoms with van der Waals surface area (Å²) >= 11 is 0. The Morgan fingerprint density at radius 2 is 2.22 bits per heavy atom. The minimum atomic E-state index is -0.346. The van der Waals surface area contributed by atoms with Gasteiger partial charge in [-0.25, -0.2) is 4.39 Å². The molecule has 0 aliphatic rings. The first-order valence-corrected chi connectivity index (χ1v) is 5.80. The highest BCUT2D eigenvalue weighted by atomic mass is 19.1. The highest BCUT2D eigenvalue weighted by molar-refractivity contribution is 5.30. The third-order valence-corrected chi connectivity index (χ3v) is 2.84. The highest BCUT2D eigenvalue weighted by Crippen LogP contribution is 2.21. The van der Waals surface area contributed by atoms with Crippen molar-refractivity contribution in [2.24, 2.45) is 0 Å². The molecular weight excluding hydrogens is 233 g/mol. The predicted octanol–water partition coefficient (Wildman–Crippen LogP) is 3.28. The van der Waals surface area contributed by atoms with Gasteiger partial charge in [0, 0.05) is 6.04 Å². The molecule has 96 valence electrons. The van der Waals surface area contributed by atoms with E-state index in [2.05, 4.69) is 5.32 Å². The first-order valence-electron chi connectivity index (χ1n) is 5.80. The van der Waals surface area contributed by atoms with Gasteiger partial charge < -0.3 is 14.5 Å². The quantitative estimate of drug-likeness (QED) is 0.883. The number of hydrogen-bond donors (Lipinski definition) is 1. The summed E-state index contributed by atoms with van der Waals surface area (Å²) in [6.07, 6.45) is 1.63. The monoisotopic (exact) mass is 249 g/mol. The molecule has 1 atom stereocenters. The van der Waals surface area contributed by atoms with Gasteiger partial charge in [-0.2, -0.15) is 0 Å². The normalized spacial score (nSPS) is 12.4. The van der Waals surface area contributed by atoms with E-state index < -0.39 is 0 Å². The Hall–Kier alpha value is -1.81. The Bertz CT molecular complexity index is 497. The van der Waals surface area contributed by atoms with Crippen LogP contribution in [0, 0.1) is 5.82 Å². The van der Waals surface area contributed by atoms with Gasteiger partial charge in [0.1, 0.15) is 5.76 Å². The zero-order valence-corrected chi connectivity index (χ0v) is 10.4. The maximum atomic E-state index is 13.6. The molecular formula is C14H16FNO2. The standard InChI is InChI=1S/C14H16FNO2/c1-10(16-9-12-4-3-7-18-12)11-5-6-14(17-2)13(15)8-11/h3-8,10,16H,9H2,1-2H3/t10-/m1/s1. The lowest BCUT2D eigenvalue weighted by molar-refractivity contribution is 0.385. The van der Waals surface area contributed by atoms with Crippen LogP contribution in [0.15, 0.2) is 41.0 Å². The average molecular weight is 249 g/mol. The third kappa shape index (κ3) is 2.90. The first-order chi connectivity index (χ1) is 8.70. The Labute approximate surface area is 106 Å². The molecule has 2 aromatic rings. The summed E-state index contributed by atoms with van der Waals surface area (Å²) in [5.74, 6) is 0.773. The molecule has 1 aromatic carbocycles. The maximum Gasteiger partial charge on any atom is 0.165 e. The summed E-state index contributed by atoms with van der Waals surface area (Å²) in [7, 11) is 1.46. The summed E-state index contributed by atoms with van der Waals surface area (Å²) < 4.78 is 23.7. The number of halogens is 1. The van der Waals surface area contributed by atoms with Crippen molar-refractivity contribution in [1.82, 2.24) is 5.32 Å². The van der Waals surface area contributed by atoms with Crippen LogP contribution in [0.25, 0.3) is 0 Å². The fraction of sp³-hybridized carbons (Fsp3) is 0.286. The Kier molecular flexibility index (Phi) is 3.99. The molecule has 1 aromatic heterocycles. The molecule has 0 bridgehead atoms. The number of hydrogen-bond acceptors (Lipinski definition) is 3. The average Bonchev–Trinajstić information content (AvgIpc) is 2.89. The van der Waals surface area contributed by atoms with E-state index >= 15 is 0 Å². The highest BCUT2D eigenvalue weighted by Gasteiger charge is 2.09. The Morgan fingerprint density at radius 1 is 1.39 bits per heavy atom. The molecule has 0 spiro atoms. The van der Waals surface area contributed by atoms with Crippen molar-refractivity contribution in [2.75, 3.05) is 7.11 Å². The minimum absolute atomic E-state index is 0.0375. The van der Waals surface area contributed by atoms with E-state index in [1.165, 1.54) is 13.2 Å². The van der Waals surface area contributed by atoms with Crippen LogP contribution >= 0.6 is 0 Å². The predicted molar refractivity (Wildman–Crippen MR) is 66.9 cm³/mol. The molecule has 0 saturated carbocycles. The van der Waals surface area contributed by atoms with Crippen LogP contribution in [0.5, 0.6) is 5.75 Å². The largest absolute Gasteiger partial charge is 0.494 e. The van der Waals surface area contributed by atoms with Crippen LogP contribution in [-0.4, -0.2) is 7.11 Å². The van der Waals surface area contributed by atoms with Crippen molar-refractivity contribution >= 4 is 0 Å². The molecule has 0 saturated heterocycles. The number of ether oxygens (including phenoxy) is 1. The fourth-order valence-electron chi connectivity index (χ4n) is 1.74. The van der Waals surface area contributed by atoms with Gasteiger partial charge in [0.05, 0.1) is 19.9 Å². The Morgan fingerprint density at radius 3 is 2.83 bits per heavy atom. The van der Waals surface area contributed by atoms with Crippen molar-refractivity contribution in [3.05, 3.63) is 53.7 Å². The van der Waals surface area contributed by atoms with Gasteiger partial charge in [-0.05, 0) is 36.8 Å². The third-order valence-electron chi connectivity index (χ3n) is 2.84. The number of rotatable bonds is 5. The lowest BCUT2D eigenvalue weighted by Gasteiger charge is -2.14. The van der Waals surface area contributed by atoms with E-state index in [0.717, 1.165) is 11.3 Å². The molecule has 0 amide bonds. The van der Waals surface area contributed by atoms with Gasteiger partial charge >= 0.3 is 0 Å². The summed E-state index contributed by atoms with van der Waals surface area (Å²) in [4.78, 5) is 0. The molecule has 4 heteroatoms. The van der Waals surface area contributed by atoms with Crippen LogP contribution in [0.3, 0.4) is 0 Å². The molecule has 0 aliphatic heterocycles. The molecule has 0 unspecified atom stereocenters. The Balaban J connectivity index is 2.00. The van der Waals surface area contributed by atoms with Crippen LogP contribution in [0.2, 0.25) is 0 Å². The molecule has 1 heterocycles. The van der Waals surface area contributed by atoms with E-state index in [9.17, 15) is 4.39 Å². The fourth-order valence-corrected chi connectivity index (χ4v) is 1.74. The van der Waals surface area contributed by atoms with E-state index in [0.29, 0.717) is 6.54 Å². The van der Waals surface area contributed by atoms with Gasteiger partial charge in [-0.15, -0.1) is 0 Å². The second-order valence-electron chi connectivity index (χ2n) is 4.08. The number of nitrogens with one attached hydrogen (secondary N) is 1. The maximum absolute atomic E-state index is 13.6. The molecule has 2 rings (SSSR count). The van der Waals surface area contributed by atoms with Crippen molar-refractivity contribution in [3.63, 3.8) is 0 Å². The minimum Gasteiger partial charge on any atom is -0.494 e. The van der Waals surface area contributed by atoms with Crippen LogP contribution < -0.4 is 10.1 Å². The van der Waals surface area contributed by atoms with Crippen LogP contribution in [0.1, 0.15) is 24.3 Å².